The molecule has 0 saturated carbocycles. The fraction of sp³-hybridized carbons (Fsp3) is 0.667. The zero-order valence-corrected chi connectivity index (χ0v) is 27.4. The van der Waals surface area contributed by atoms with Crippen molar-refractivity contribution < 1.29 is 24.0 Å². The lowest BCUT2D eigenvalue weighted by molar-refractivity contribution is -0.129. The summed E-state index contributed by atoms with van der Waals surface area (Å²) in [6.45, 7) is 5.06. The van der Waals surface area contributed by atoms with Crippen LogP contribution in [-0.4, -0.2) is 65.9 Å². The standard InChI is InChI=1S/C33H53N5O5S/c1-3-5-7-9-10-11-12-14-29(39)37-28(32(42)36-19-13-8-6-4-2)23-44-22-24-15-17-25(18-16-24)33(43)38-20-26(30(34)40)27(21-38)31(35)41/h15-18,26-28H,3-14,19-23H2,1-2H3,(H2,34,40)(H2,35,41)(H,36,42)(H,37,39)/t26-,27-,28-/m1/s1. The lowest BCUT2D eigenvalue weighted by atomic mass is 9.95. The van der Waals surface area contributed by atoms with Gasteiger partial charge in [-0.3, -0.25) is 24.0 Å². The molecule has 246 valence electrons. The zero-order valence-electron chi connectivity index (χ0n) is 26.6. The van der Waals surface area contributed by atoms with Gasteiger partial charge in [0.1, 0.15) is 6.04 Å². The van der Waals surface area contributed by atoms with Crippen LogP contribution in [0.3, 0.4) is 0 Å². The van der Waals surface area contributed by atoms with E-state index in [4.69, 9.17) is 11.5 Å². The van der Waals surface area contributed by atoms with E-state index in [2.05, 4.69) is 24.5 Å². The average Bonchev–Trinajstić information content (AvgIpc) is 3.46. The molecule has 0 radical (unpaired) electrons. The number of amides is 5. The van der Waals surface area contributed by atoms with Gasteiger partial charge in [0.15, 0.2) is 0 Å². The average molecular weight is 632 g/mol. The number of benzene rings is 1. The third-order valence-corrected chi connectivity index (χ3v) is 9.19. The SMILES string of the molecule is CCCCCCCCCC(=O)N[C@H](CSCc1ccc(C(=O)N2C[C@@H](C(N)=O)[C@H](C(N)=O)C2)cc1)C(=O)NCCCCCC. The molecule has 0 unspecified atom stereocenters. The largest absolute Gasteiger partial charge is 0.369 e. The van der Waals surface area contributed by atoms with Crippen molar-refractivity contribution >= 4 is 41.3 Å². The highest BCUT2D eigenvalue weighted by Crippen LogP contribution is 2.25. The molecule has 44 heavy (non-hydrogen) atoms. The Labute approximate surface area is 267 Å². The second kappa shape index (κ2) is 20.8. The van der Waals surface area contributed by atoms with E-state index in [1.807, 2.05) is 12.1 Å². The predicted octanol–water partition coefficient (Wildman–Crippen LogP) is 3.90. The van der Waals surface area contributed by atoms with E-state index in [-0.39, 0.29) is 30.8 Å². The number of hydrogen-bond acceptors (Lipinski definition) is 6. The van der Waals surface area contributed by atoms with Gasteiger partial charge < -0.3 is 27.0 Å². The summed E-state index contributed by atoms with van der Waals surface area (Å²) in [5.41, 5.74) is 12.2. The lowest BCUT2D eigenvalue weighted by Crippen LogP contribution is -2.48. The number of carbonyl (C=O) groups is 5. The molecule has 6 N–H and O–H groups in total. The summed E-state index contributed by atoms with van der Waals surface area (Å²) in [6, 6.07) is 6.49. The van der Waals surface area contributed by atoms with Crippen molar-refractivity contribution in [2.45, 2.75) is 103 Å². The first-order valence-corrected chi connectivity index (χ1v) is 17.4. The molecule has 10 nitrogen and oxygen atoms in total. The van der Waals surface area contributed by atoms with E-state index in [0.29, 0.717) is 30.0 Å². The van der Waals surface area contributed by atoms with E-state index in [1.165, 1.54) is 30.6 Å². The predicted molar refractivity (Wildman–Crippen MR) is 176 cm³/mol. The van der Waals surface area contributed by atoms with Crippen molar-refractivity contribution in [2.75, 3.05) is 25.4 Å². The Kier molecular flexibility index (Phi) is 17.5. The Bertz CT molecular complexity index is 1050. The number of unbranched alkanes of at least 4 members (excludes halogenated alkanes) is 9. The minimum Gasteiger partial charge on any atom is -0.369 e. The molecule has 0 bridgehead atoms. The zero-order chi connectivity index (χ0) is 32.3. The lowest BCUT2D eigenvalue weighted by Gasteiger charge is -2.19. The van der Waals surface area contributed by atoms with Crippen molar-refractivity contribution in [3.63, 3.8) is 0 Å². The van der Waals surface area contributed by atoms with Crippen LogP contribution in [0.5, 0.6) is 0 Å². The normalized spacial score (nSPS) is 16.8. The maximum Gasteiger partial charge on any atom is 0.253 e. The van der Waals surface area contributed by atoms with Crippen molar-refractivity contribution in [1.29, 1.82) is 0 Å². The number of primary amides is 2. The highest BCUT2D eigenvalue weighted by Gasteiger charge is 2.41. The van der Waals surface area contributed by atoms with Crippen molar-refractivity contribution in [1.82, 2.24) is 15.5 Å². The Morgan fingerprint density at radius 2 is 1.36 bits per heavy atom. The number of rotatable bonds is 22. The third-order valence-electron chi connectivity index (χ3n) is 8.08. The van der Waals surface area contributed by atoms with Gasteiger partial charge in [-0.05, 0) is 30.5 Å². The Morgan fingerprint density at radius 1 is 0.818 bits per heavy atom. The van der Waals surface area contributed by atoms with Gasteiger partial charge in [-0.15, -0.1) is 0 Å². The molecule has 1 aromatic carbocycles. The molecule has 1 aromatic rings. The third kappa shape index (κ3) is 13.3. The Balaban J connectivity index is 1.88. The van der Waals surface area contributed by atoms with Gasteiger partial charge in [-0.25, -0.2) is 0 Å². The molecule has 3 atom stereocenters. The maximum absolute atomic E-state index is 13.0. The highest BCUT2D eigenvalue weighted by molar-refractivity contribution is 7.98. The van der Waals surface area contributed by atoms with Crippen LogP contribution < -0.4 is 22.1 Å². The van der Waals surface area contributed by atoms with Crippen LogP contribution in [0.15, 0.2) is 24.3 Å². The number of likely N-dealkylation sites (tertiary alicyclic amines) is 1. The molecular weight excluding hydrogens is 578 g/mol. The monoisotopic (exact) mass is 631 g/mol. The van der Waals surface area contributed by atoms with Crippen LogP contribution in [0.1, 0.15) is 107 Å². The van der Waals surface area contributed by atoms with Crippen LogP contribution >= 0.6 is 11.8 Å². The summed E-state index contributed by atoms with van der Waals surface area (Å²) in [4.78, 5) is 63.6. The van der Waals surface area contributed by atoms with E-state index < -0.39 is 29.7 Å². The number of nitrogens with zero attached hydrogens (tertiary/aromatic N) is 1. The number of hydrogen-bond donors (Lipinski definition) is 4. The minimum atomic E-state index is -0.787. The first-order valence-electron chi connectivity index (χ1n) is 16.3. The number of nitrogens with one attached hydrogen (secondary N) is 2. The fourth-order valence-corrected chi connectivity index (χ4v) is 6.36. The van der Waals surface area contributed by atoms with Gasteiger partial charge in [0.25, 0.3) is 5.91 Å². The molecular formula is C33H53N5O5S. The van der Waals surface area contributed by atoms with Gasteiger partial charge >= 0.3 is 0 Å². The quantitative estimate of drug-likeness (QED) is 0.142. The van der Waals surface area contributed by atoms with Gasteiger partial charge in [0.2, 0.25) is 23.6 Å². The van der Waals surface area contributed by atoms with Crippen molar-refractivity contribution in [3.05, 3.63) is 35.4 Å². The van der Waals surface area contributed by atoms with Crippen LogP contribution in [0.2, 0.25) is 0 Å². The smallest absolute Gasteiger partial charge is 0.253 e. The van der Waals surface area contributed by atoms with Gasteiger partial charge in [-0.1, -0.05) is 83.8 Å². The molecule has 1 saturated heterocycles. The molecule has 5 amide bonds. The minimum absolute atomic E-state index is 0.0616. The molecule has 2 rings (SSSR count). The maximum atomic E-state index is 13.0. The second-order valence-electron chi connectivity index (χ2n) is 11.8. The van der Waals surface area contributed by atoms with Crippen molar-refractivity contribution in [3.8, 4) is 0 Å². The summed E-state index contributed by atoms with van der Waals surface area (Å²) in [5.74, 6) is -2.37. The molecule has 1 aliphatic rings. The molecule has 1 aliphatic heterocycles. The van der Waals surface area contributed by atoms with E-state index >= 15 is 0 Å². The molecule has 1 heterocycles. The molecule has 0 aromatic heterocycles. The van der Waals surface area contributed by atoms with E-state index in [9.17, 15) is 24.0 Å². The van der Waals surface area contributed by atoms with E-state index in [0.717, 1.165) is 50.5 Å². The van der Waals surface area contributed by atoms with Gasteiger partial charge in [0, 0.05) is 43.1 Å². The van der Waals surface area contributed by atoms with Crippen LogP contribution in [0.4, 0.5) is 0 Å². The fourth-order valence-electron chi connectivity index (χ4n) is 5.35. The summed E-state index contributed by atoms with van der Waals surface area (Å²) < 4.78 is 0. The topological polar surface area (TPSA) is 165 Å². The summed E-state index contributed by atoms with van der Waals surface area (Å²) in [6.07, 6.45) is 12.6. The summed E-state index contributed by atoms with van der Waals surface area (Å²) in [5, 5.41) is 5.95. The molecule has 1 fully saturated rings. The Morgan fingerprint density at radius 3 is 1.93 bits per heavy atom. The first-order chi connectivity index (χ1) is 21.2. The summed E-state index contributed by atoms with van der Waals surface area (Å²) >= 11 is 1.54. The van der Waals surface area contributed by atoms with Crippen LogP contribution in [-0.2, 0) is 24.9 Å². The summed E-state index contributed by atoms with van der Waals surface area (Å²) in [7, 11) is 0. The molecule has 0 aliphatic carbocycles. The van der Waals surface area contributed by atoms with Crippen molar-refractivity contribution in [2.24, 2.45) is 23.3 Å². The second-order valence-corrected chi connectivity index (χ2v) is 12.8. The highest BCUT2D eigenvalue weighted by atomic mass is 32.2. The molecule has 0 spiro atoms. The van der Waals surface area contributed by atoms with Crippen LogP contribution in [0.25, 0.3) is 0 Å². The first kappa shape index (κ1) is 37.1. The van der Waals surface area contributed by atoms with Crippen LogP contribution in [0, 0.1) is 11.8 Å². The van der Waals surface area contributed by atoms with Gasteiger partial charge in [0.05, 0.1) is 11.8 Å². The number of carbonyl (C=O) groups excluding carboxylic acids is 5. The Hall–Kier alpha value is -3.08. The van der Waals surface area contributed by atoms with Gasteiger partial charge in [-0.2, -0.15) is 11.8 Å². The van der Waals surface area contributed by atoms with E-state index in [1.54, 1.807) is 23.9 Å². The molecule has 11 heteroatoms. The number of nitrogens with two attached hydrogens (primary N) is 2. The number of thioether (sulfide) groups is 1.